The summed E-state index contributed by atoms with van der Waals surface area (Å²) in [6.07, 6.45) is 2.86. The second-order valence-corrected chi connectivity index (χ2v) is 8.05. The Hall–Kier alpha value is -1.47. The molecule has 27 heavy (non-hydrogen) atoms. The number of carbonyl (C=O) groups is 1. The molecule has 1 aromatic rings. The van der Waals surface area contributed by atoms with Gasteiger partial charge in [-0.1, -0.05) is 29.8 Å². The van der Waals surface area contributed by atoms with Gasteiger partial charge in [0.05, 0.1) is 13.2 Å². The first-order valence-electron chi connectivity index (χ1n) is 10.1. The molecule has 2 N–H and O–H groups in total. The number of nitrogens with zero attached hydrogens (tertiary/aromatic N) is 2. The normalized spacial score (nSPS) is 24.7. The molecular formula is C21H33N3O3. The van der Waals surface area contributed by atoms with Gasteiger partial charge < -0.3 is 20.1 Å². The van der Waals surface area contributed by atoms with Crippen LogP contribution >= 0.6 is 0 Å². The zero-order valence-electron chi connectivity index (χ0n) is 16.5. The molecule has 150 valence electrons. The van der Waals surface area contributed by atoms with E-state index in [2.05, 4.69) is 34.2 Å². The minimum absolute atomic E-state index is 0.0452. The summed E-state index contributed by atoms with van der Waals surface area (Å²) in [5.74, 6) is 0.0452. The van der Waals surface area contributed by atoms with Gasteiger partial charge in [0.1, 0.15) is 5.60 Å². The van der Waals surface area contributed by atoms with E-state index in [9.17, 15) is 9.90 Å². The Kier molecular flexibility index (Phi) is 7.24. The Bertz CT molecular complexity index is 601. The van der Waals surface area contributed by atoms with Crippen molar-refractivity contribution in [2.45, 2.75) is 38.3 Å². The average molecular weight is 376 g/mol. The van der Waals surface area contributed by atoms with E-state index < -0.39 is 5.60 Å². The number of rotatable bonds is 7. The number of β-amino-alcohol motifs (C(OH)–C–C–N with tert-alkyl or cyclic N) is 1. The molecule has 0 aliphatic carbocycles. The van der Waals surface area contributed by atoms with E-state index >= 15 is 0 Å². The van der Waals surface area contributed by atoms with E-state index in [0.717, 1.165) is 25.2 Å². The minimum Gasteiger partial charge on any atom is -0.385 e. The topological polar surface area (TPSA) is 65.0 Å². The lowest BCUT2D eigenvalue weighted by atomic mass is 10.0. The van der Waals surface area contributed by atoms with Gasteiger partial charge in [0.25, 0.3) is 0 Å². The van der Waals surface area contributed by atoms with Crippen LogP contribution in [0, 0.1) is 6.92 Å². The molecule has 2 heterocycles. The van der Waals surface area contributed by atoms with E-state index in [4.69, 9.17) is 4.74 Å². The van der Waals surface area contributed by atoms with Crippen LogP contribution in [-0.2, 0) is 16.1 Å². The van der Waals surface area contributed by atoms with Crippen molar-refractivity contribution in [1.29, 1.82) is 0 Å². The number of likely N-dealkylation sites (tertiary alicyclic amines) is 1. The van der Waals surface area contributed by atoms with E-state index in [0.29, 0.717) is 45.8 Å². The minimum atomic E-state index is -0.848. The fraction of sp³-hybridized carbons (Fsp3) is 0.667. The third-order valence-corrected chi connectivity index (χ3v) is 5.42. The summed E-state index contributed by atoms with van der Waals surface area (Å²) in [6, 6.07) is 8.19. The number of benzene rings is 1. The lowest BCUT2D eigenvalue weighted by molar-refractivity contribution is -0.121. The highest BCUT2D eigenvalue weighted by Gasteiger charge is 2.35. The van der Waals surface area contributed by atoms with Gasteiger partial charge in [-0.2, -0.15) is 0 Å². The Balaban J connectivity index is 1.42. The number of aryl methyl sites for hydroxylation is 1. The van der Waals surface area contributed by atoms with Gasteiger partial charge in [0, 0.05) is 39.1 Å². The summed E-state index contributed by atoms with van der Waals surface area (Å²) >= 11 is 0. The van der Waals surface area contributed by atoms with Crippen molar-refractivity contribution in [2.24, 2.45) is 0 Å². The molecule has 2 aliphatic rings. The predicted molar refractivity (Wildman–Crippen MR) is 106 cm³/mol. The molecule has 1 atom stereocenters. The van der Waals surface area contributed by atoms with Gasteiger partial charge in [0.15, 0.2) is 0 Å². The van der Waals surface area contributed by atoms with Crippen molar-refractivity contribution in [1.82, 2.24) is 15.1 Å². The van der Waals surface area contributed by atoms with Crippen molar-refractivity contribution in [3.63, 3.8) is 0 Å². The summed E-state index contributed by atoms with van der Waals surface area (Å²) in [5.41, 5.74) is 1.48. The van der Waals surface area contributed by atoms with Crippen molar-refractivity contribution >= 4 is 5.91 Å². The van der Waals surface area contributed by atoms with Gasteiger partial charge >= 0.3 is 0 Å². The third kappa shape index (κ3) is 6.57. The molecular weight excluding hydrogens is 342 g/mol. The van der Waals surface area contributed by atoms with Crippen molar-refractivity contribution in [2.75, 3.05) is 52.5 Å². The van der Waals surface area contributed by atoms with E-state index in [1.807, 2.05) is 12.1 Å². The first-order chi connectivity index (χ1) is 13.0. The lowest BCUT2D eigenvalue weighted by Crippen LogP contribution is -2.52. The zero-order valence-corrected chi connectivity index (χ0v) is 16.5. The quantitative estimate of drug-likeness (QED) is 0.749. The maximum absolute atomic E-state index is 12.2. The maximum Gasteiger partial charge on any atom is 0.221 e. The van der Waals surface area contributed by atoms with Crippen molar-refractivity contribution in [3.8, 4) is 0 Å². The summed E-state index contributed by atoms with van der Waals surface area (Å²) in [5, 5.41) is 14.0. The number of hydrogen-bond acceptors (Lipinski definition) is 5. The van der Waals surface area contributed by atoms with Crippen molar-refractivity contribution in [3.05, 3.63) is 35.4 Å². The Morgan fingerprint density at radius 3 is 2.67 bits per heavy atom. The molecule has 1 aromatic carbocycles. The fourth-order valence-electron chi connectivity index (χ4n) is 3.89. The van der Waals surface area contributed by atoms with Crippen molar-refractivity contribution < 1.29 is 14.6 Å². The summed E-state index contributed by atoms with van der Waals surface area (Å²) in [6.45, 7) is 8.33. The molecule has 2 saturated heterocycles. The molecule has 2 fully saturated rings. The standard InChI is InChI=1S/C21H33N3O3/c1-18-4-6-19(7-5-18)14-22-20(25)8-11-24-12-13-27-17-21(26,16-24)15-23-9-2-3-10-23/h4-7,26H,2-3,8-17H2,1H3,(H,22,25)/t21-/m1/s1. The molecule has 2 aliphatic heterocycles. The van der Waals surface area contributed by atoms with Crippen LogP contribution < -0.4 is 5.32 Å². The van der Waals surface area contributed by atoms with Gasteiger partial charge in [-0.15, -0.1) is 0 Å². The van der Waals surface area contributed by atoms with Gasteiger partial charge in [-0.05, 0) is 38.4 Å². The van der Waals surface area contributed by atoms with E-state index in [-0.39, 0.29) is 5.91 Å². The fourth-order valence-corrected chi connectivity index (χ4v) is 3.89. The molecule has 0 unspecified atom stereocenters. The lowest BCUT2D eigenvalue weighted by Gasteiger charge is -2.34. The Morgan fingerprint density at radius 1 is 1.19 bits per heavy atom. The highest BCUT2D eigenvalue weighted by atomic mass is 16.5. The van der Waals surface area contributed by atoms with E-state index in [1.165, 1.54) is 18.4 Å². The molecule has 6 heteroatoms. The van der Waals surface area contributed by atoms with Crippen LogP contribution in [-0.4, -0.2) is 78.9 Å². The molecule has 1 amide bonds. The van der Waals surface area contributed by atoms with Crippen LogP contribution in [0.3, 0.4) is 0 Å². The summed E-state index contributed by atoms with van der Waals surface area (Å²) < 4.78 is 5.65. The largest absolute Gasteiger partial charge is 0.385 e. The number of ether oxygens (including phenoxy) is 1. The van der Waals surface area contributed by atoms with Crippen LogP contribution in [0.1, 0.15) is 30.4 Å². The highest BCUT2D eigenvalue weighted by molar-refractivity contribution is 5.76. The molecule has 0 saturated carbocycles. The van der Waals surface area contributed by atoms with Gasteiger partial charge in [0.2, 0.25) is 5.91 Å². The first kappa shape index (κ1) is 20.3. The molecule has 6 nitrogen and oxygen atoms in total. The maximum atomic E-state index is 12.2. The predicted octanol–water partition coefficient (Wildman–Crippen LogP) is 1.16. The SMILES string of the molecule is Cc1ccc(CNC(=O)CCN2CCOC[C@@](O)(CN3CCCC3)C2)cc1. The zero-order chi connectivity index (χ0) is 19.1. The molecule has 0 aromatic heterocycles. The van der Waals surface area contributed by atoms with Crippen LogP contribution in [0.5, 0.6) is 0 Å². The number of nitrogens with one attached hydrogen (secondary N) is 1. The van der Waals surface area contributed by atoms with Gasteiger partial charge in [-0.3, -0.25) is 9.69 Å². The second-order valence-electron chi connectivity index (χ2n) is 8.05. The second kappa shape index (κ2) is 9.64. The van der Waals surface area contributed by atoms with Crippen LogP contribution in [0.15, 0.2) is 24.3 Å². The summed E-state index contributed by atoms with van der Waals surface area (Å²) in [4.78, 5) is 16.7. The monoisotopic (exact) mass is 375 g/mol. The molecule has 0 bridgehead atoms. The Labute approximate surface area is 162 Å². The first-order valence-corrected chi connectivity index (χ1v) is 10.1. The smallest absolute Gasteiger partial charge is 0.221 e. The highest BCUT2D eigenvalue weighted by Crippen LogP contribution is 2.18. The number of aliphatic hydroxyl groups is 1. The van der Waals surface area contributed by atoms with Crippen LogP contribution in [0.25, 0.3) is 0 Å². The number of carbonyl (C=O) groups excluding carboxylic acids is 1. The van der Waals surface area contributed by atoms with Gasteiger partial charge in [-0.25, -0.2) is 0 Å². The summed E-state index contributed by atoms with van der Waals surface area (Å²) in [7, 11) is 0. The molecule has 0 radical (unpaired) electrons. The van der Waals surface area contributed by atoms with E-state index in [1.54, 1.807) is 0 Å². The Morgan fingerprint density at radius 2 is 1.93 bits per heavy atom. The third-order valence-electron chi connectivity index (χ3n) is 5.42. The molecule has 0 spiro atoms. The number of amides is 1. The average Bonchev–Trinajstić information content (AvgIpc) is 3.07. The van der Waals surface area contributed by atoms with Crippen LogP contribution in [0.4, 0.5) is 0 Å². The molecule has 3 rings (SSSR count). The number of hydrogen-bond donors (Lipinski definition) is 2. The van der Waals surface area contributed by atoms with Crippen LogP contribution in [0.2, 0.25) is 0 Å².